The largest absolute Gasteiger partial charge is 0.127 e. The van der Waals surface area contributed by atoms with Crippen molar-refractivity contribution in [3.63, 3.8) is 0 Å². The van der Waals surface area contributed by atoms with Gasteiger partial charge in [0, 0.05) is 5.88 Å². The minimum Gasteiger partial charge on any atom is -0.127 e. The van der Waals surface area contributed by atoms with E-state index < -0.39 is 0 Å². The van der Waals surface area contributed by atoms with Crippen molar-refractivity contribution in [2.24, 2.45) is 0 Å². The van der Waals surface area contributed by atoms with E-state index in [9.17, 15) is 0 Å². The standard InChI is InChI=1S/C3H7Cl.CH4/c1-2-3-4;/h2-3H2,1H3;1H4. The maximum absolute atomic E-state index is 5.19. The van der Waals surface area contributed by atoms with Gasteiger partial charge in [-0.05, 0) is 6.42 Å². The second-order valence-corrected chi connectivity index (χ2v) is 1.07. The second-order valence-electron chi connectivity index (χ2n) is 0.689. The summed E-state index contributed by atoms with van der Waals surface area (Å²) in [5, 5.41) is 0. The minimum absolute atomic E-state index is 0. The lowest BCUT2D eigenvalue weighted by atomic mass is 10.6. The van der Waals surface area contributed by atoms with Crippen LogP contribution >= 0.6 is 11.6 Å². The average Bonchev–Trinajstić information content (AvgIpc) is 1.37. The zero-order valence-electron chi connectivity index (χ0n) is 2.79. The molecule has 0 N–H and O–H groups in total. The van der Waals surface area contributed by atoms with Gasteiger partial charge in [-0.25, -0.2) is 0 Å². The van der Waals surface area contributed by atoms with Crippen molar-refractivity contribution in [3.8, 4) is 0 Å². The SMILES string of the molecule is C.CCCCl. The summed E-state index contributed by atoms with van der Waals surface area (Å²) in [7, 11) is 0. The van der Waals surface area contributed by atoms with Crippen LogP contribution in [0.4, 0.5) is 0 Å². The average molecular weight is 94.6 g/mol. The Bertz CT molecular complexity index is 5.61. The molecule has 0 aliphatic carbocycles. The Morgan fingerprint density at radius 1 is 1.60 bits per heavy atom. The van der Waals surface area contributed by atoms with Crippen LogP contribution in [0, 0.1) is 0 Å². The molecule has 0 aromatic carbocycles. The minimum atomic E-state index is 0. The van der Waals surface area contributed by atoms with Crippen molar-refractivity contribution in [2.75, 3.05) is 5.88 Å². The van der Waals surface area contributed by atoms with Crippen molar-refractivity contribution in [1.82, 2.24) is 0 Å². The summed E-state index contributed by atoms with van der Waals surface area (Å²) in [5.74, 6) is 0.792. The van der Waals surface area contributed by atoms with Gasteiger partial charge in [-0.15, -0.1) is 11.6 Å². The zero-order chi connectivity index (χ0) is 3.41. The van der Waals surface area contributed by atoms with Crippen LogP contribution in [0.5, 0.6) is 0 Å². The number of rotatable bonds is 1. The molecule has 0 fully saturated rings. The summed E-state index contributed by atoms with van der Waals surface area (Å²) in [6, 6.07) is 0. The highest BCUT2D eigenvalue weighted by Crippen LogP contribution is 1.75. The van der Waals surface area contributed by atoms with Gasteiger partial charge < -0.3 is 0 Å². The summed E-state index contributed by atoms with van der Waals surface area (Å²) < 4.78 is 0. The first-order chi connectivity index (χ1) is 1.91. The highest BCUT2D eigenvalue weighted by molar-refractivity contribution is 6.17. The molecule has 0 spiro atoms. The Labute approximate surface area is 39.1 Å². The van der Waals surface area contributed by atoms with Crippen molar-refractivity contribution in [2.45, 2.75) is 20.8 Å². The Morgan fingerprint density at radius 2 is 1.80 bits per heavy atom. The van der Waals surface area contributed by atoms with Crippen LogP contribution in [-0.2, 0) is 0 Å². The van der Waals surface area contributed by atoms with E-state index in [2.05, 4.69) is 0 Å². The van der Waals surface area contributed by atoms with Crippen LogP contribution in [0.15, 0.2) is 0 Å². The predicted octanol–water partition coefficient (Wildman–Crippen LogP) is 2.27. The number of halogens is 1. The quantitative estimate of drug-likeness (QED) is 0.438. The molecule has 0 rings (SSSR count). The number of alkyl halides is 1. The molecule has 0 heterocycles. The van der Waals surface area contributed by atoms with Gasteiger partial charge >= 0.3 is 0 Å². The molecule has 5 heavy (non-hydrogen) atoms. The Balaban J connectivity index is 0. The van der Waals surface area contributed by atoms with E-state index in [-0.39, 0.29) is 7.43 Å². The van der Waals surface area contributed by atoms with Crippen LogP contribution in [0.2, 0.25) is 0 Å². The maximum atomic E-state index is 5.19. The fourth-order valence-corrected chi connectivity index (χ4v) is 0. The van der Waals surface area contributed by atoms with Gasteiger partial charge in [-0.1, -0.05) is 14.4 Å². The van der Waals surface area contributed by atoms with E-state index in [1.54, 1.807) is 0 Å². The summed E-state index contributed by atoms with van der Waals surface area (Å²) in [6.45, 7) is 2.05. The summed E-state index contributed by atoms with van der Waals surface area (Å²) >= 11 is 5.19. The molecular weight excluding hydrogens is 83.5 g/mol. The fourth-order valence-electron chi connectivity index (χ4n) is 0. The molecule has 1 heteroatoms. The van der Waals surface area contributed by atoms with E-state index in [1.807, 2.05) is 6.92 Å². The molecule has 0 radical (unpaired) electrons. The molecule has 0 nitrogen and oxygen atoms in total. The molecule has 0 aliphatic heterocycles. The first kappa shape index (κ1) is 8.99. The predicted molar refractivity (Wildman–Crippen MR) is 27.7 cm³/mol. The third-order valence-electron chi connectivity index (χ3n) is 0.189. The van der Waals surface area contributed by atoms with E-state index in [0.717, 1.165) is 12.3 Å². The zero-order valence-corrected chi connectivity index (χ0v) is 3.55. The van der Waals surface area contributed by atoms with Crippen LogP contribution in [0.3, 0.4) is 0 Å². The van der Waals surface area contributed by atoms with Gasteiger partial charge in [0.15, 0.2) is 0 Å². The molecule has 34 valence electrons. The van der Waals surface area contributed by atoms with E-state index >= 15 is 0 Å². The first-order valence-corrected chi connectivity index (χ1v) is 2.01. The van der Waals surface area contributed by atoms with Gasteiger partial charge in [0.2, 0.25) is 0 Å². The summed E-state index contributed by atoms with van der Waals surface area (Å²) in [6.07, 6.45) is 1.08. The normalized spacial score (nSPS) is 6.00. The molecule has 0 aromatic rings. The van der Waals surface area contributed by atoms with Crippen molar-refractivity contribution >= 4 is 11.6 Å². The summed E-state index contributed by atoms with van der Waals surface area (Å²) in [4.78, 5) is 0. The number of hydrogen-bond acceptors (Lipinski definition) is 0. The molecule has 0 unspecified atom stereocenters. The maximum Gasteiger partial charge on any atom is 0.0220 e. The third kappa shape index (κ3) is 13.5. The lowest BCUT2D eigenvalue weighted by Crippen LogP contribution is -1.55. The van der Waals surface area contributed by atoms with E-state index in [1.165, 1.54) is 0 Å². The monoisotopic (exact) mass is 94.1 g/mol. The van der Waals surface area contributed by atoms with Gasteiger partial charge in [-0.3, -0.25) is 0 Å². The molecule has 0 saturated heterocycles. The number of hydrogen-bond donors (Lipinski definition) is 0. The van der Waals surface area contributed by atoms with Gasteiger partial charge in [0.1, 0.15) is 0 Å². The third-order valence-corrected chi connectivity index (χ3v) is 0.567. The fraction of sp³-hybridized carbons (Fsp3) is 1.00. The molecule has 0 atom stereocenters. The highest BCUT2D eigenvalue weighted by atomic mass is 35.5. The topological polar surface area (TPSA) is 0 Å². The molecule has 0 amide bonds. The van der Waals surface area contributed by atoms with Crippen molar-refractivity contribution in [3.05, 3.63) is 0 Å². The summed E-state index contributed by atoms with van der Waals surface area (Å²) in [5.41, 5.74) is 0. The smallest absolute Gasteiger partial charge is 0.0220 e. The Hall–Kier alpha value is 0.290. The van der Waals surface area contributed by atoms with Gasteiger partial charge in [0.05, 0.1) is 0 Å². The molecule has 0 aliphatic rings. The van der Waals surface area contributed by atoms with Crippen LogP contribution < -0.4 is 0 Å². The lowest BCUT2D eigenvalue weighted by Gasteiger charge is -1.65. The molecule has 0 bridgehead atoms. The highest BCUT2D eigenvalue weighted by Gasteiger charge is 1.59. The van der Waals surface area contributed by atoms with Crippen LogP contribution in [0.1, 0.15) is 20.8 Å². The second kappa shape index (κ2) is 8.85. The van der Waals surface area contributed by atoms with E-state index in [4.69, 9.17) is 11.6 Å². The first-order valence-electron chi connectivity index (χ1n) is 1.47. The van der Waals surface area contributed by atoms with Gasteiger partial charge in [0.25, 0.3) is 0 Å². The molecular formula is C4H11Cl. The van der Waals surface area contributed by atoms with Crippen molar-refractivity contribution in [1.29, 1.82) is 0 Å². The Kier molecular flexibility index (Phi) is 15.9. The Morgan fingerprint density at radius 3 is 1.80 bits per heavy atom. The van der Waals surface area contributed by atoms with Crippen molar-refractivity contribution < 1.29 is 0 Å². The van der Waals surface area contributed by atoms with Gasteiger partial charge in [-0.2, -0.15) is 0 Å². The van der Waals surface area contributed by atoms with Crippen LogP contribution in [0.25, 0.3) is 0 Å². The molecule has 0 saturated carbocycles. The molecule has 0 aromatic heterocycles. The lowest BCUT2D eigenvalue weighted by molar-refractivity contribution is 1.10. The van der Waals surface area contributed by atoms with Crippen LogP contribution in [-0.4, -0.2) is 5.88 Å². The van der Waals surface area contributed by atoms with E-state index in [0.29, 0.717) is 0 Å².